The van der Waals surface area contributed by atoms with E-state index in [-0.39, 0.29) is 84.1 Å². The summed E-state index contributed by atoms with van der Waals surface area (Å²) in [6, 6.07) is 52.9. The molecule has 0 fully saturated rings. The average molecular weight is 944 g/mol. The van der Waals surface area contributed by atoms with E-state index in [1.165, 1.54) is 79.9 Å². The molecular formula is C54H66Cl2P2Ti2-2. The van der Waals surface area contributed by atoms with E-state index in [1.54, 1.807) is 10.6 Å². The van der Waals surface area contributed by atoms with Crippen molar-refractivity contribution in [1.82, 2.24) is 0 Å². The van der Waals surface area contributed by atoms with E-state index in [0.717, 1.165) is 22.6 Å². The first-order valence-electron chi connectivity index (χ1n) is 21.2. The number of hydrogen-bond donors (Lipinski definition) is 0. The van der Waals surface area contributed by atoms with Crippen molar-refractivity contribution in [1.29, 1.82) is 0 Å². The molecule has 0 heterocycles. The van der Waals surface area contributed by atoms with E-state index in [9.17, 15) is 0 Å². The Labute approximate surface area is 408 Å². The van der Waals surface area contributed by atoms with Crippen LogP contribution in [0.3, 0.4) is 0 Å². The topological polar surface area (TPSA) is 0 Å². The fraction of sp³-hybridized carbons (Fsp3) is 0.333. The summed E-state index contributed by atoms with van der Waals surface area (Å²) in [5, 5.41) is 14.2. The van der Waals surface area contributed by atoms with Crippen LogP contribution in [0.1, 0.15) is 92.2 Å². The molecule has 8 aromatic rings. The summed E-state index contributed by atoms with van der Waals surface area (Å²) in [7, 11) is -0.0504. The standard InChI is InChI=1S/2C17H24P.2C10H9.2ClH.2Ti/c2*1-5-13(3)18(14(4)6-2)17-11-15-9-7-8-10-16(15)12-17;2*1-8-6-9-4-2-3-5-10(9)7-8;;;;/h2*7-14H,5-6H2,1-4H3;2*2-7H,1H3;2*1H;;/q4*-1;;;2*+2/p-2. The third kappa shape index (κ3) is 15.2. The van der Waals surface area contributed by atoms with Gasteiger partial charge in [-0.1, -0.05) is 109 Å². The maximum atomic E-state index is 2.43. The van der Waals surface area contributed by atoms with Crippen LogP contribution in [0.2, 0.25) is 0 Å². The van der Waals surface area contributed by atoms with E-state index in [4.69, 9.17) is 0 Å². The van der Waals surface area contributed by atoms with Crippen LogP contribution in [-0.2, 0) is 43.4 Å². The molecule has 8 aromatic carbocycles. The van der Waals surface area contributed by atoms with Crippen LogP contribution in [0, 0.1) is 13.8 Å². The van der Waals surface area contributed by atoms with Gasteiger partial charge in [-0.2, -0.15) is 24.3 Å². The zero-order valence-electron chi connectivity index (χ0n) is 37.6. The van der Waals surface area contributed by atoms with Gasteiger partial charge >= 0.3 is 43.4 Å². The minimum absolute atomic E-state index is 0. The van der Waals surface area contributed by atoms with Gasteiger partial charge in [0.15, 0.2) is 0 Å². The Hall–Kier alpha value is -1.81. The Morgan fingerprint density at radius 2 is 0.617 bits per heavy atom. The number of halogens is 2. The molecule has 4 unspecified atom stereocenters. The van der Waals surface area contributed by atoms with Gasteiger partial charge in [-0.25, -0.2) is 0 Å². The number of hydrogen-bond acceptors (Lipinski definition) is 0. The maximum Gasteiger partial charge on any atom is 2.00 e. The molecule has 0 aliphatic rings. The summed E-state index contributed by atoms with van der Waals surface area (Å²) in [6.45, 7) is 23.3. The Morgan fingerprint density at radius 3 is 0.850 bits per heavy atom. The molecule has 0 nitrogen and oxygen atoms in total. The molecule has 0 amide bonds. The predicted octanol–water partition coefficient (Wildman–Crippen LogP) is 10.3. The van der Waals surface area contributed by atoms with Crippen LogP contribution in [0.5, 0.6) is 0 Å². The number of benzene rings is 4. The van der Waals surface area contributed by atoms with Crippen molar-refractivity contribution in [3.63, 3.8) is 0 Å². The Bertz CT molecular complexity index is 2050. The van der Waals surface area contributed by atoms with Crippen molar-refractivity contribution in [2.45, 2.75) is 118 Å². The zero-order chi connectivity index (χ0) is 40.2. The van der Waals surface area contributed by atoms with Crippen LogP contribution in [0.15, 0.2) is 146 Å². The normalized spacial score (nSPS) is 13.5. The van der Waals surface area contributed by atoms with Crippen molar-refractivity contribution in [2.75, 3.05) is 0 Å². The van der Waals surface area contributed by atoms with Crippen molar-refractivity contribution in [3.05, 3.63) is 157 Å². The van der Waals surface area contributed by atoms with Gasteiger partial charge in [0.1, 0.15) is 0 Å². The maximum absolute atomic E-state index is 2.43. The molecule has 0 spiro atoms. The molecule has 0 aliphatic carbocycles. The van der Waals surface area contributed by atoms with Gasteiger partial charge in [0.2, 0.25) is 0 Å². The molecule has 0 N–H and O–H groups in total. The molecule has 0 bridgehead atoms. The molecule has 0 saturated carbocycles. The fourth-order valence-corrected chi connectivity index (χ4v) is 14.4. The van der Waals surface area contributed by atoms with Crippen molar-refractivity contribution in [3.8, 4) is 0 Å². The first-order chi connectivity index (χ1) is 27.1. The number of aryl methyl sites for hydroxylation is 2. The second-order valence-corrected chi connectivity index (χ2v) is 22.0. The molecule has 6 heteroatoms. The van der Waals surface area contributed by atoms with Crippen LogP contribution < -0.4 is 35.4 Å². The summed E-state index contributed by atoms with van der Waals surface area (Å²) < 4.78 is 0. The number of rotatable bonds is 10. The van der Waals surface area contributed by atoms with Crippen LogP contribution in [0.25, 0.3) is 43.1 Å². The van der Waals surface area contributed by atoms with Crippen LogP contribution in [0.4, 0.5) is 0 Å². The fourth-order valence-electron chi connectivity index (χ4n) is 7.85. The molecule has 0 saturated heterocycles. The third-order valence-corrected chi connectivity index (χ3v) is 18.6. The Balaban J connectivity index is 0.000000403. The average Bonchev–Trinajstić information content (AvgIpc) is 4.01. The zero-order valence-corrected chi connectivity index (χ0v) is 44.1. The van der Waals surface area contributed by atoms with Crippen LogP contribution in [-0.4, -0.2) is 22.6 Å². The molecule has 0 radical (unpaired) electrons. The van der Waals surface area contributed by atoms with Gasteiger partial charge in [0.25, 0.3) is 0 Å². The van der Waals surface area contributed by atoms with Gasteiger partial charge in [-0.3, -0.25) is 0 Å². The van der Waals surface area contributed by atoms with Crippen molar-refractivity contribution < 1.29 is 68.2 Å². The van der Waals surface area contributed by atoms with E-state index in [1.807, 2.05) is 0 Å². The van der Waals surface area contributed by atoms with E-state index in [2.05, 4.69) is 215 Å². The van der Waals surface area contributed by atoms with E-state index < -0.39 is 0 Å². The minimum Gasteiger partial charge on any atom is -1.00 e. The largest absolute Gasteiger partial charge is 2.00 e. The van der Waals surface area contributed by atoms with Crippen molar-refractivity contribution >= 4 is 69.5 Å². The van der Waals surface area contributed by atoms with E-state index in [0.29, 0.717) is 0 Å². The van der Waals surface area contributed by atoms with Gasteiger partial charge in [-0.05, 0) is 48.3 Å². The molecule has 8 rings (SSSR count). The second-order valence-electron chi connectivity index (χ2n) is 15.9. The summed E-state index contributed by atoms with van der Waals surface area (Å²) in [6.07, 6.45) is 5.16. The first-order valence-corrected chi connectivity index (χ1v) is 24.1. The summed E-state index contributed by atoms with van der Waals surface area (Å²) in [5.74, 6) is 0. The minimum atomic E-state index is -0.0252. The van der Waals surface area contributed by atoms with Crippen LogP contribution >= 0.6 is 15.8 Å². The SMILES string of the molecule is CCC(C)P(c1cc2ccccc2[cH-]1)C(C)CC.CCC(C)P(c1cc2ccccc2[cH-]1)C(C)CC.Cc1cc2ccccc2[cH-]1.Cc1cc2ccccc2[cH-]1.[Cl-].[Cl-].[Ti+2].[Ti+2]. The summed E-state index contributed by atoms with van der Waals surface area (Å²) >= 11 is 0. The predicted molar refractivity (Wildman–Crippen MR) is 260 cm³/mol. The smallest absolute Gasteiger partial charge is 1.00 e. The first kappa shape index (κ1) is 56.2. The molecule has 4 atom stereocenters. The summed E-state index contributed by atoms with van der Waals surface area (Å²) in [4.78, 5) is 0. The quantitative estimate of drug-likeness (QED) is 0.0728. The number of fused-ring (bicyclic) bond motifs is 4. The second kappa shape index (κ2) is 28.1. The monoisotopic (exact) mass is 942 g/mol. The molecule has 316 valence electrons. The summed E-state index contributed by atoms with van der Waals surface area (Å²) in [5.41, 5.74) is 6.00. The van der Waals surface area contributed by atoms with E-state index >= 15 is 0 Å². The van der Waals surface area contributed by atoms with Gasteiger partial charge in [0.05, 0.1) is 0 Å². The van der Waals surface area contributed by atoms with Gasteiger partial charge in [0, 0.05) is 0 Å². The van der Waals surface area contributed by atoms with Gasteiger partial charge in [-0.15, -0.1) is 162 Å². The van der Waals surface area contributed by atoms with Crippen molar-refractivity contribution in [2.24, 2.45) is 0 Å². The molecular weight excluding hydrogens is 877 g/mol. The molecule has 0 aromatic heterocycles. The Kier molecular flexibility index (Phi) is 26.3. The Morgan fingerprint density at radius 1 is 0.383 bits per heavy atom. The third-order valence-electron chi connectivity index (χ3n) is 11.6. The molecule has 0 aliphatic heterocycles. The van der Waals surface area contributed by atoms with Gasteiger partial charge < -0.3 is 24.8 Å². The molecule has 60 heavy (non-hydrogen) atoms.